The van der Waals surface area contributed by atoms with E-state index in [4.69, 9.17) is 4.74 Å². The van der Waals surface area contributed by atoms with Crippen molar-refractivity contribution in [3.8, 4) is 5.88 Å². The molecule has 7 nitrogen and oxygen atoms in total. The largest absolute Gasteiger partial charge is 0.481 e. The van der Waals surface area contributed by atoms with Crippen molar-refractivity contribution >= 4 is 35.1 Å². The molecule has 0 fully saturated rings. The molecule has 2 heterocycles. The molecule has 0 spiro atoms. The molecule has 0 aromatic carbocycles. The highest BCUT2D eigenvalue weighted by Gasteiger charge is 2.13. The molecule has 0 aliphatic heterocycles. The number of methoxy groups -OCH3 is 1. The van der Waals surface area contributed by atoms with Crippen LogP contribution in [0.5, 0.6) is 5.88 Å². The zero-order valence-electron chi connectivity index (χ0n) is 11.4. The van der Waals surface area contributed by atoms with Crippen LogP contribution >= 0.6 is 11.3 Å². The van der Waals surface area contributed by atoms with Crippen LogP contribution in [0.3, 0.4) is 0 Å². The Hall–Kier alpha value is -2.81. The van der Waals surface area contributed by atoms with E-state index < -0.39 is 11.8 Å². The first-order valence-corrected chi connectivity index (χ1v) is 6.80. The maximum absolute atomic E-state index is 12.7. The number of rotatable bonds is 4. The van der Waals surface area contributed by atoms with E-state index >= 15 is 0 Å². The molecule has 0 unspecified atom stereocenters. The maximum Gasteiger partial charge on any atom is 0.329 e. The lowest BCUT2D eigenvalue weighted by Gasteiger charge is -2.04. The molecular weight excluding hydrogens is 311 g/mol. The Labute approximate surface area is 128 Å². The number of hydrazone groups is 1. The predicted molar refractivity (Wildman–Crippen MR) is 79.4 cm³/mol. The number of nitrogens with zero attached hydrogens (tertiary/aromatic N) is 2. The molecule has 0 aliphatic rings. The molecule has 0 radical (unpaired) electrons. The molecule has 0 aliphatic carbocycles. The minimum atomic E-state index is -0.955. The lowest BCUT2D eigenvalue weighted by Crippen LogP contribution is -2.32. The molecule has 0 atom stereocenters. The molecule has 114 valence electrons. The van der Waals surface area contributed by atoms with Crippen LogP contribution in [0.4, 0.5) is 10.1 Å². The van der Waals surface area contributed by atoms with E-state index in [9.17, 15) is 14.0 Å². The Morgan fingerprint density at radius 1 is 1.32 bits per heavy atom. The first-order valence-electron chi connectivity index (χ1n) is 5.98. The maximum atomic E-state index is 12.7. The van der Waals surface area contributed by atoms with E-state index in [1.54, 1.807) is 0 Å². The van der Waals surface area contributed by atoms with Crippen LogP contribution in [0, 0.1) is 5.13 Å². The minimum Gasteiger partial charge on any atom is -0.481 e. The second-order valence-electron chi connectivity index (χ2n) is 3.88. The van der Waals surface area contributed by atoms with Gasteiger partial charge in [0.2, 0.25) is 5.88 Å². The third kappa shape index (κ3) is 4.35. The first kappa shape index (κ1) is 15.6. The van der Waals surface area contributed by atoms with Crippen molar-refractivity contribution in [2.45, 2.75) is 0 Å². The number of halogens is 1. The van der Waals surface area contributed by atoms with Crippen molar-refractivity contribution in [3.05, 3.63) is 40.5 Å². The summed E-state index contributed by atoms with van der Waals surface area (Å²) in [6.45, 7) is 0. The summed E-state index contributed by atoms with van der Waals surface area (Å²) >= 11 is 0.866. The second-order valence-corrected chi connectivity index (χ2v) is 4.95. The predicted octanol–water partition coefficient (Wildman–Crippen LogP) is 1.38. The van der Waals surface area contributed by atoms with E-state index in [1.807, 2.05) is 5.43 Å². The highest BCUT2D eigenvalue weighted by atomic mass is 32.1. The number of pyridine rings is 1. The summed E-state index contributed by atoms with van der Waals surface area (Å²) in [4.78, 5) is 27.5. The third-order valence-corrected chi connectivity index (χ3v) is 3.17. The lowest BCUT2D eigenvalue weighted by molar-refractivity contribution is -0.136. The van der Waals surface area contributed by atoms with Gasteiger partial charge in [0.15, 0.2) is 5.13 Å². The molecule has 2 rings (SSSR count). The Kier molecular flexibility index (Phi) is 5.15. The number of ether oxygens (including phenoxy) is 1. The Morgan fingerprint density at radius 2 is 2.14 bits per heavy atom. The summed E-state index contributed by atoms with van der Waals surface area (Å²) in [5.74, 6) is -1.47. The highest BCUT2D eigenvalue weighted by molar-refractivity contribution is 7.12. The zero-order valence-corrected chi connectivity index (χ0v) is 12.2. The number of hydrogen-bond donors (Lipinski definition) is 2. The topological polar surface area (TPSA) is 92.7 Å². The third-order valence-electron chi connectivity index (χ3n) is 2.36. The van der Waals surface area contributed by atoms with Gasteiger partial charge in [-0.15, -0.1) is 11.3 Å². The van der Waals surface area contributed by atoms with Crippen molar-refractivity contribution in [3.63, 3.8) is 0 Å². The summed E-state index contributed by atoms with van der Waals surface area (Å²) in [5.41, 5.74) is 2.38. The van der Waals surface area contributed by atoms with Crippen LogP contribution in [-0.2, 0) is 9.59 Å². The van der Waals surface area contributed by atoms with Gasteiger partial charge >= 0.3 is 11.8 Å². The average molecular weight is 322 g/mol. The van der Waals surface area contributed by atoms with Crippen molar-refractivity contribution in [1.82, 2.24) is 10.4 Å². The molecule has 0 saturated heterocycles. The average Bonchev–Trinajstić information content (AvgIpc) is 2.93. The van der Waals surface area contributed by atoms with E-state index in [1.165, 1.54) is 43.8 Å². The monoisotopic (exact) mass is 322 g/mol. The molecule has 2 N–H and O–H groups in total. The SMILES string of the molecule is COc1ccc(NC(=O)C(=O)N/N=C\c2ccc(F)s2)cn1. The number of nitrogens with one attached hydrogen (secondary N) is 2. The molecule has 0 bridgehead atoms. The molecule has 22 heavy (non-hydrogen) atoms. The standard InChI is InChI=1S/C13H11FN4O3S/c1-21-11-5-2-8(6-15-11)17-12(19)13(20)18-16-7-9-3-4-10(14)22-9/h2-7H,1H3,(H,17,19)(H,18,20)/b16-7-. The summed E-state index contributed by atoms with van der Waals surface area (Å²) < 4.78 is 17.6. The van der Waals surface area contributed by atoms with Gasteiger partial charge < -0.3 is 10.1 Å². The fraction of sp³-hybridized carbons (Fsp3) is 0.0769. The van der Waals surface area contributed by atoms with Crippen molar-refractivity contribution in [1.29, 1.82) is 0 Å². The Bertz CT molecular complexity index is 700. The van der Waals surface area contributed by atoms with E-state index in [2.05, 4.69) is 15.4 Å². The van der Waals surface area contributed by atoms with Gasteiger partial charge in [-0.25, -0.2) is 10.4 Å². The molecule has 0 saturated carbocycles. The normalized spacial score (nSPS) is 10.5. The van der Waals surface area contributed by atoms with Crippen LogP contribution < -0.4 is 15.5 Å². The molecular formula is C13H11FN4O3S. The Morgan fingerprint density at radius 3 is 2.73 bits per heavy atom. The van der Waals surface area contributed by atoms with Gasteiger partial charge in [0.1, 0.15) is 0 Å². The lowest BCUT2D eigenvalue weighted by atomic mass is 10.4. The summed E-state index contributed by atoms with van der Waals surface area (Å²) in [7, 11) is 1.46. The van der Waals surface area contributed by atoms with Crippen molar-refractivity contribution < 1.29 is 18.7 Å². The van der Waals surface area contributed by atoms with Crippen LogP contribution in [-0.4, -0.2) is 30.1 Å². The van der Waals surface area contributed by atoms with Crippen LogP contribution in [0.15, 0.2) is 35.6 Å². The van der Waals surface area contributed by atoms with E-state index in [0.29, 0.717) is 16.4 Å². The smallest absolute Gasteiger partial charge is 0.329 e. The fourth-order valence-corrected chi connectivity index (χ4v) is 1.97. The second kappa shape index (κ2) is 7.27. The number of aromatic nitrogens is 1. The fourth-order valence-electron chi connectivity index (χ4n) is 1.37. The summed E-state index contributed by atoms with van der Waals surface area (Å²) in [6, 6.07) is 5.85. The van der Waals surface area contributed by atoms with Gasteiger partial charge in [-0.05, 0) is 18.2 Å². The van der Waals surface area contributed by atoms with Crippen LogP contribution in [0.25, 0.3) is 0 Å². The molecule has 2 amide bonds. The van der Waals surface area contributed by atoms with Gasteiger partial charge in [0.05, 0.1) is 30.1 Å². The number of anilines is 1. The van der Waals surface area contributed by atoms with Gasteiger partial charge in [-0.1, -0.05) is 0 Å². The van der Waals surface area contributed by atoms with E-state index in [-0.39, 0.29) is 5.13 Å². The van der Waals surface area contributed by atoms with Gasteiger partial charge in [0, 0.05) is 6.07 Å². The molecule has 2 aromatic rings. The van der Waals surface area contributed by atoms with E-state index in [0.717, 1.165) is 11.3 Å². The van der Waals surface area contributed by atoms with Crippen LogP contribution in [0.1, 0.15) is 4.88 Å². The number of hydrogen-bond acceptors (Lipinski definition) is 6. The molecule has 2 aromatic heterocycles. The first-order chi connectivity index (χ1) is 10.6. The highest BCUT2D eigenvalue weighted by Crippen LogP contribution is 2.12. The zero-order chi connectivity index (χ0) is 15.9. The summed E-state index contributed by atoms with van der Waals surface area (Å²) in [5, 5.41) is 5.55. The van der Waals surface area contributed by atoms with Gasteiger partial charge in [0.25, 0.3) is 0 Å². The summed E-state index contributed by atoms with van der Waals surface area (Å²) in [6.07, 6.45) is 2.59. The van der Waals surface area contributed by atoms with Crippen molar-refractivity contribution in [2.75, 3.05) is 12.4 Å². The quantitative estimate of drug-likeness (QED) is 0.505. The number of carbonyl (C=O) groups is 2. The Balaban J connectivity index is 1.86. The van der Waals surface area contributed by atoms with Gasteiger partial charge in [-0.3, -0.25) is 9.59 Å². The molecule has 9 heteroatoms. The van der Waals surface area contributed by atoms with Gasteiger partial charge in [-0.2, -0.15) is 9.49 Å². The number of amides is 2. The van der Waals surface area contributed by atoms with Crippen LogP contribution in [0.2, 0.25) is 0 Å². The minimum absolute atomic E-state index is 0.338. The number of thiophene rings is 1. The van der Waals surface area contributed by atoms with Crippen molar-refractivity contribution in [2.24, 2.45) is 5.10 Å². The number of carbonyl (C=O) groups excluding carboxylic acids is 2.